The van der Waals surface area contributed by atoms with Crippen molar-refractivity contribution in [3.8, 4) is 11.5 Å². The second kappa shape index (κ2) is 6.80. The first-order chi connectivity index (χ1) is 16.0. The molecule has 186 valence electrons. The number of fused-ring (bicyclic) bond motifs is 2. The van der Waals surface area contributed by atoms with E-state index in [0.29, 0.717) is 11.8 Å². The minimum atomic E-state index is -0.930. The Balaban J connectivity index is 1.62. The summed E-state index contributed by atoms with van der Waals surface area (Å²) in [6.45, 7) is 12.5. The molecule has 4 bridgehead atoms. The Morgan fingerprint density at radius 1 is 1.21 bits per heavy atom. The molecule has 1 saturated heterocycles. The second-order valence-electron chi connectivity index (χ2n) is 12.9. The standard InChI is InChI=1S/C29H41NO4/c1-7-8-14-30-15-13-28-22-18-9-10-19(31)23(22)34-24(28)29(33-6)12-11-27(28,21(30)16-18)17-20(29)26(5,32)25(2,3)4/h7-10,20-21,24,31-32H,11-17H2,1-6H3/b8-7+. The number of nitrogens with zero attached hydrogens (tertiary/aromatic N) is 1. The number of likely N-dealkylation sites (tertiary alicyclic amines) is 1. The summed E-state index contributed by atoms with van der Waals surface area (Å²) in [5.74, 6) is 0.878. The number of allylic oxidation sites excluding steroid dienone is 1. The van der Waals surface area contributed by atoms with Gasteiger partial charge in [-0.2, -0.15) is 0 Å². The molecule has 5 heteroatoms. The maximum Gasteiger partial charge on any atom is 0.165 e. The SMILES string of the molecule is C/C=C/CN1CCC23c4c5ccc(O)c4OC2C2(OC)CCC3(CC2C(C)(O)C(C)(C)C)C1C5. The summed E-state index contributed by atoms with van der Waals surface area (Å²) in [7, 11) is 1.81. The number of phenols is 1. The molecule has 0 amide bonds. The average molecular weight is 468 g/mol. The van der Waals surface area contributed by atoms with Crippen molar-refractivity contribution in [1.29, 1.82) is 0 Å². The molecule has 4 aliphatic carbocycles. The molecule has 3 saturated carbocycles. The highest BCUT2D eigenvalue weighted by Gasteiger charge is 2.82. The third-order valence-electron chi connectivity index (χ3n) is 11.2. The quantitative estimate of drug-likeness (QED) is 0.635. The zero-order valence-corrected chi connectivity index (χ0v) is 21.6. The molecule has 7 unspecified atom stereocenters. The highest BCUT2D eigenvalue weighted by molar-refractivity contribution is 5.63. The Hall–Kier alpha value is -1.56. The largest absolute Gasteiger partial charge is 0.504 e. The van der Waals surface area contributed by atoms with E-state index >= 15 is 0 Å². The topological polar surface area (TPSA) is 62.2 Å². The highest BCUT2D eigenvalue weighted by atomic mass is 16.6. The van der Waals surface area contributed by atoms with Crippen LogP contribution in [0, 0.1) is 16.7 Å². The number of phenolic OH excluding ortho intramolecular Hbond substituents is 1. The van der Waals surface area contributed by atoms with Crippen LogP contribution in [0.25, 0.3) is 0 Å². The van der Waals surface area contributed by atoms with Gasteiger partial charge in [-0.1, -0.05) is 39.0 Å². The molecule has 1 aromatic rings. The molecular formula is C29H41NO4. The highest BCUT2D eigenvalue weighted by Crippen LogP contribution is 2.77. The fourth-order valence-corrected chi connectivity index (χ4v) is 9.19. The van der Waals surface area contributed by atoms with Crippen molar-refractivity contribution in [2.24, 2.45) is 16.7 Å². The van der Waals surface area contributed by atoms with Crippen LogP contribution >= 0.6 is 0 Å². The number of hydrogen-bond acceptors (Lipinski definition) is 5. The van der Waals surface area contributed by atoms with E-state index in [-0.39, 0.29) is 34.0 Å². The number of methoxy groups -OCH3 is 1. The van der Waals surface area contributed by atoms with E-state index in [0.717, 1.165) is 45.2 Å². The summed E-state index contributed by atoms with van der Waals surface area (Å²) >= 11 is 0. The van der Waals surface area contributed by atoms with Gasteiger partial charge in [-0.15, -0.1) is 0 Å². The van der Waals surface area contributed by atoms with E-state index in [4.69, 9.17) is 9.47 Å². The predicted octanol–water partition coefficient (Wildman–Crippen LogP) is 4.58. The van der Waals surface area contributed by atoms with Crippen LogP contribution in [-0.2, 0) is 16.6 Å². The molecule has 7 atom stereocenters. The van der Waals surface area contributed by atoms with Crippen molar-refractivity contribution in [1.82, 2.24) is 4.90 Å². The normalized spacial score (nSPS) is 41.9. The number of ether oxygens (including phenoxy) is 2. The Bertz CT molecular complexity index is 1060. The molecule has 4 fully saturated rings. The molecule has 0 radical (unpaired) electrons. The summed E-state index contributed by atoms with van der Waals surface area (Å²) in [4.78, 5) is 2.68. The van der Waals surface area contributed by atoms with Gasteiger partial charge in [0.15, 0.2) is 11.5 Å². The summed E-state index contributed by atoms with van der Waals surface area (Å²) in [5, 5.41) is 23.1. The molecule has 6 aliphatic rings. The molecule has 1 aromatic carbocycles. The van der Waals surface area contributed by atoms with Gasteiger partial charge in [-0.05, 0) is 69.5 Å². The summed E-state index contributed by atoms with van der Waals surface area (Å²) in [5.41, 5.74) is 0.574. The molecule has 2 heterocycles. The monoisotopic (exact) mass is 467 g/mol. The van der Waals surface area contributed by atoms with E-state index in [1.54, 1.807) is 0 Å². The molecular weight excluding hydrogens is 426 g/mol. The molecule has 2 spiro atoms. The fourth-order valence-electron chi connectivity index (χ4n) is 9.19. The van der Waals surface area contributed by atoms with Crippen LogP contribution in [-0.4, -0.2) is 58.7 Å². The van der Waals surface area contributed by atoms with Crippen LogP contribution in [0.3, 0.4) is 0 Å². The van der Waals surface area contributed by atoms with Gasteiger partial charge in [0.05, 0.1) is 5.60 Å². The third-order valence-corrected chi connectivity index (χ3v) is 11.2. The summed E-state index contributed by atoms with van der Waals surface area (Å²) < 4.78 is 13.4. The number of piperidine rings is 1. The van der Waals surface area contributed by atoms with E-state index in [9.17, 15) is 10.2 Å². The Kier molecular flexibility index (Phi) is 4.58. The molecule has 7 rings (SSSR count). The average Bonchev–Trinajstić information content (AvgIpc) is 3.16. The number of rotatable bonds is 4. The van der Waals surface area contributed by atoms with Crippen molar-refractivity contribution in [2.75, 3.05) is 20.2 Å². The lowest BCUT2D eigenvalue weighted by molar-refractivity contribution is -0.312. The van der Waals surface area contributed by atoms with E-state index in [2.05, 4.69) is 50.8 Å². The van der Waals surface area contributed by atoms with Crippen molar-refractivity contribution in [3.63, 3.8) is 0 Å². The van der Waals surface area contributed by atoms with E-state index in [1.165, 1.54) is 11.1 Å². The molecule has 2 N–H and O–H groups in total. The van der Waals surface area contributed by atoms with Crippen LogP contribution in [0.4, 0.5) is 0 Å². The van der Waals surface area contributed by atoms with Crippen LogP contribution in [0.5, 0.6) is 11.5 Å². The second-order valence-corrected chi connectivity index (χ2v) is 12.9. The Labute approximate surface area is 204 Å². The first-order valence-corrected chi connectivity index (χ1v) is 13.1. The van der Waals surface area contributed by atoms with Gasteiger partial charge < -0.3 is 19.7 Å². The van der Waals surface area contributed by atoms with Crippen molar-refractivity contribution < 1.29 is 19.7 Å². The van der Waals surface area contributed by atoms with Crippen LogP contribution < -0.4 is 4.74 Å². The van der Waals surface area contributed by atoms with Gasteiger partial charge in [0.2, 0.25) is 0 Å². The van der Waals surface area contributed by atoms with Gasteiger partial charge in [0.1, 0.15) is 11.7 Å². The van der Waals surface area contributed by atoms with Crippen molar-refractivity contribution in [2.45, 2.75) is 95.5 Å². The van der Waals surface area contributed by atoms with Gasteiger partial charge in [-0.25, -0.2) is 0 Å². The van der Waals surface area contributed by atoms with Crippen LogP contribution in [0.1, 0.15) is 71.4 Å². The molecule has 5 nitrogen and oxygen atoms in total. The first kappa shape index (κ1) is 22.9. The summed E-state index contributed by atoms with van der Waals surface area (Å²) in [6, 6.07) is 4.33. The van der Waals surface area contributed by atoms with Crippen LogP contribution in [0.2, 0.25) is 0 Å². The van der Waals surface area contributed by atoms with E-state index < -0.39 is 11.2 Å². The minimum Gasteiger partial charge on any atom is -0.504 e. The predicted molar refractivity (Wildman–Crippen MR) is 132 cm³/mol. The number of benzene rings is 1. The van der Waals surface area contributed by atoms with Crippen molar-refractivity contribution in [3.05, 3.63) is 35.4 Å². The van der Waals surface area contributed by atoms with Gasteiger partial charge in [0.25, 0.3) is 0 Å². The zero-order chi connectivity index (χ0) is 24.3. The number of hydrogen-bond donors (Lipinski definition) is 2. The lowest BCUT2D eigenvalue weighted by atomic mass is 9.33. The van der Waals surface area contributed by atoms with Gasteiger partial charge in [0, 0.05) is 42.0 Å². The number of aromatic hydroxyl groups is 1. The Morgan fingerprint density at radius 2 is 1.97 bits per heavy atom. The van der Waals surface area contributed by atoms with Gasteiger partial charge >= 0.3 is 0 Å². The van der Waals surface area contributed by atoms with Crippen molar-refractivity contribution >= 4 is 0 Å². The maximum atomic E-state index is 12.2. The molecule has 2 aliphatic heterocycles. The molecule has 0 aromatic heterocycles. The van der Waals surface area contributed by atoms with Gasteiger partial charge in [-0.3, -0.25) is 4.90 Å². The number of aliphatic hydroxyl groups is 1. The molecule has 34 heavy (non-hydrogen) atoms. The fraction of sp³-hybridized carbons (Fsp3) is 0.724. The maximum absolute atomic E-state index is 12.2. The lowest BCUT2D eigenvalue weighted by Gasteiger charge is -2.75. The first-order valence-electron chi connectivity index (χ1n) is 13.1. The lowest BCUT2D eigenvalue weighted by Crippen LogP contribution is -2.83. The summed E-state index contributed by atoms with van der Waals surface area (Å²) in [6.07, 6.45) is 9.10. The van der Waals surface area contributed by atoms with Crippen LogP contribution in [0.15, 0.2) is 24.3 Å². The minimum absolute atomic E-state index is 0.0102. The third kappa shape index (κ3) is 2.33. The Morgan fingerprint density at radius 3 is 2.65 bits per heavy atom. The smallest absolute Gasteiger partial charge is 0.165 e. The van der Waals surface area contributed by atoms with E-state index in [1.807, 2.05) is 20.1 Å². The zero-order valence-electron chi connectivity index (χ0n) is 21.6.